The Morgan fingerprint density at radius 3 is 2.69 bits per heavy atom. The zero-order valence-corrected chi connectivity index (χ0v) is 16.9. The van der Waals surface area contributed by atoms with Crippen molar-refractivity contribution >= 4 is 23.6 Å². The molecule has 8 nitrogen and oxygen atoms in total. The van der Waals surface area contributed by atoms with E-state index in [0.717, 1.165) is 5.56 Å². The van der Waals surface area contributed by atoms with E-state index >= 15 is 0 Å². The molecule has 0 atom stereocenters. The Balaban J connectivity index is 1.74. The minimum atomic E-state index is -0.650. The molecule has 0 bridgehead atoms. The molecule has 2 N–H and O–H groups in total. The van der Waals surface area contributed by atoms with E-state index in [1.165, 1.54) is 19.2 Å². The minimum Gasteiger partial charge on any atom is -0.444 e. The van der Waals surface area contributed by atoms with Crippen LogP contribution in [0.2, 0.25) is 0 Å². The minimum absolute atomic E-state index is 0.0441. The molecule has 1 aliphatic rings. The van der Waals surface area contributed by atoms with Crippen LogP contribution in [0.4, 0.5) is 20.8 Å². The van der Waals surface area contributed by atoms with Gasteiger partial charge in [0.2, 0.25) is 5.95 Å². The summed E-state index contributed by atoms with van der Waals surface area (Å²) in [5.74, 6) is -0.869. The van der Waals surface area contributed by atoms with Crippen molar-refractivity contribution in [3.63, 3.8) is 0 Å². The number of benzene rings is 1. The number of nitrogens with one attached hydrogen (secondary N) is 2. The van der Waals surface area contributed by atoms with E-state index < -0.39 is 17.3 Å². The third-order valence-corrected chi connectivity index (χ3v) is 4.29. The van der Waals surface area contributed by atoms with E-state index in [0.29, 0.717) is 30.9 Å². The summed E-state index contributed by atoms with van der Waals surface area (Å²) < 4.78 is 19.6. The number of anilines is 2. The Bertz CT molecular complexity index is 942. The quantitative estimate of drug-likeness (QED) is 0.821. The molecule has 154 valence electrons. The molecule has 0 aliphatic carbocycles. The third-order valence-electron chi connectivity index (χ3n) is 4.29. The van der Waals surface area contributed by atoms with Gasteiger partial charge in [-0.3, -0.25) is 4.79 Å². The number of fused-ring (bicyclic) bond motifs is 1. The number of carbonyl (C=O) groups excluding carboxylic acids is 2. The number of carbonyl (C=O) groups is 2. The first-order chi connectivity index (χ1) is 13.7. The van der Waals surface area contributed by atoms with Crippen molar-refractivity contribution in [2.75, 3.05) is 18.9 Å². The molecule has 0 fully saturated rings. The predicted octanol–water partition coefficient (Wildman–Crippen LogP) is 3.01. The van der Waals surface area contributed by atoms with Crippen LogP contribution in [-0.4, -0.2) is 46.1 Å². The second-order valence-corrected chi connectivity index (χ2v) is 7.72. The fourth-order valence-electron chi connectivity index (χ4n) is 2.89. The lowest BCUT2D eigenvalue weighted by Crippen LogP contribution is -2.40. The van der Waals surface area contributed by atoms with Gasteiger partial charge in [0.05, 0.1) is 17.8 Å². The van der Waals surface area contributed by atoms with Crippen LogP contribution in [0.25, 0.3) is 0 Å². The van der Waals surface area contributed by atoms with Gasteiger partial charge in [-0.1, -0.05) is 0 Å². The summed E-state index contributed by atoms with van der Waals surface area (Å²) in [7, 11) is 1.44. The highest BCUT2D eigenvalue weighted by Crippen LogP contribution is 2.22. The summed E-state index contributed by atoms with van der Waals surface area (Å²) in [5, 5.41) is 5.32. The molecule has 0 unspecified atom stereocenters. The summed E-state index contributed by atoms with van der Waals surface area (Å²) >= 11 is 0. The fraction of sp³-hybridized carbons (Fsp3) is 0.400. The average molecular weight is 401 g/mol. The number of hydrogen-bond donors (Lipinski definition) is 2. The summed E-state index contributed by atoms with van der Waals surface area (Å²) in [4.78, 5) is 34.2. The van der Waals surface area contributed by atoms with Crippen LogP contribution < -0.4 is 10.6 Å². The molecule has 2 heterocycles. The monoisotopic (exact) mass is 401 g/mol. The Kier molecular flexibility index (Phi) is 5.67. The lowest BCUT2D eigenvalue weighted by Gasteiger charge is -2.30. The van der Waals surface area contributed by atoms with Gasteiger partial charge in [0.1, 0.15) is 11.4 Å². The predicted molar refractivity (Wildman–Crippen MR) is 105 cm³/mol. The van der Waals surface area contributed by atoms with E-state index in [1.54, 1.807) is 17.2 Å². The number of halogens is 1. The highest BCUT2D eigenvalue weighted by molar-refractivity contribution is 5.94. The molecule has 3 rings (SSSR count). The summed E-state index contributed by atoms with van der Waals surface area (Å²) in [6, 6.07) is 4.17. The SMILES string of the molecule is CNC(=O)c1ccc(Nc2ncc3c(n2)CN(C(=O)OC(C)(C)C)CC3)cc1F. The van der Waals surface area contributed by atoms with Crippen LogP contribution in [0.15, 0.2) is 24.4 Å². The molecule has 2 aromatic rings. The van der Waals surface area contributed by atoms with Crippen molar-refractivity contribution < 1.29 is 18.7 Å². The molecule has 1 aromatic heterocycles. The van der Waals surface area contributed by atoms with E-state index in [4.69, 9.17) is 4.74 Å². The normalized spacial score (nSPS) is 13.5. The van der Waals surface area contributed by atoms with Crippen LogP contribution in [0, 0.1) is 5.82 Å². The van der Waals surface area contributed by atoms with Crippen molar-refractivity contribution in [3.8, 4) is 0 Å². The van der Waals surface area contributed by atoms with Crippen LogP contribution >= 0.6 is 0 Å². The zero-order chi connectivity index (χ0) is 21.2. The topological polar surface area (TPSA) is 96.5 Å². The maximum absolute atomic E-state index is 14.1. The van der Waals surface area contributed by atoms with Gasteiger partial charge in [-0.2, -0.15) is 0 Å². The summed E-state index contributed by atoms with van der Waals surface area (Å²) in [6.45, 7) is 6.31. The van der Waals surface area contributed by atoms with Crippen LogP contribution in [0.1, 0.15) is 42.4 Å². The van der Waals surface area contributed by atoms with Gasteiger partial charge in [0, 0.05) is 25.5 Å². The van der Waals surface area contributed by atoms with Crippen LogP contribution in [0.3, 0.4) is 0 Å². The van der Waals surface area contributed by atoms with Gasteiger partial charge < -0.3 is 20.3 Å². The van der Waals surface area contributed by atoms with E-state index in [9.17, 15) is 14.0 Å². The Morgan fingerprint density at radius 1 is 1.28 bits per heavy atom. The standard InChI is InChI=1S/C20H24FN5O3/c1-20(2,3)29-19(28)26-8-7-12-10-23-18(25-16(12)11-26)24-13-5-6-14(15(21)9-13)17(27)22-4/h5-6,9-10H,7-8,11H2,1-4H3,(H,22,27)(H,23,24,25). The lowest BCUT2D eigenvalue weighted by atomic mass is 10.1. The zero-order valence-electron chi connectivity index (χ0n) is 16.9. The molecule has 0 radical (unpaired) electrons. The second-order valence-electron chi connectivity index (χ2n) is 7.72. The first-order valence-corrected chi connectivity index (χ1v) is 9.27. The van der Waals surface area contributed by atoms with Crippen LogP contribution in [-0.2, 0) is 17.7 Å². The number of aromatic nitrogens is 2. The van der Waals surface area contributed by atoms with E-state index in [2.05, 4.69) is 20.6 Å². The summed E-state index contributed by atoms with van der Waals surface area (Å²) in [5.41, 5.74) is 1.46. The maximum Gasteiger partial charge on any atom is 0.410 e. The Morgan fingerprint density at radius 2 is 2.03 bits per heavy atom. The van der Waals surface area contributed by atoms with Crippen molar-refractivity contribution in [2.24, 2.45) is 0 Å². The maximum atomic E-state index is 14.1. The van der Waals surface area contributed by atoms with Crippen molar-refractivity contribution in [1.82, 2.24) is 20.2 Å². The number of amides is 2. The second kappa shape index (κ2) is 8.02. The molecule has 29 heavy (non-hydrogen) atoms. The molecular formula is C20H24FN5O3. The highest BCUT2D eigenvalue weighted by atomic mass is 19.1. The smallest absolute Gasteiger partial charge is 0.410 e. The number of ether oxygens (including phenoxy) is 1. The molecule has 1 aromatic carbocycles. The number of rotatable bonds is 3. The summed E-state index contributed by atoms with van der Waals surface area (Å²) in [6.07, 6.45) is 1.94. The first kappa shape index (κ1) is 20.5. The van der Waals surface area contributed by atoms with Crippen molar-refractivity contribution in [2.45, 2.75) is 39.3 Å². The molecular weight excluding hydrogens is 377 g/mol. The molecule has 9 heteroatoms. The first-order valence-electron chi connectivity index (χ1n) is 9.27. The van der Waals surface area contributed by atoms with E-state index in [-0.39, 0.29) is 17.6 Å². The highest BCUT2D eigenvalue weighted by Gasteiger charge is 2.26. The van der Waals surface area contributed by atoms with E-state index in [1.807, 2.05) is 20.8 Å². The van der Waals surface area contributed by atoms with Gasteiger partial charge in [-0.25, -0.2) is 19.2 Å². The molecule has 2 amide bonds. The molecule has 1 aliphatic heterocycles. The van der Waals surface area contributed by atoms with Crippen molar-refractivity contribution in [1.29, 1.82) is 0 Å². The number of nitrogens with zero attached hydrogens (tertiary/aromatic N) is 3. The Labute approximate surface area is 168 Å². The Hall–Kier alpha value is -3.23. The largest absolute Gasteiger partial charge is 0.444 e. The molecule has 0 saturated carbocycles. The third kappa shape index (κ3) is 4.98. The lowest BCUT2D eigenvalue weighted by molar-refractivity contribution is 0.0220. The van der Waals surface area contributed by atoms with Gasteiger partial charge in [-0.05, 0) is 51.0 Å². The average Bonchev–Trinajstić information content (AvgIpc) is 2.65. The van der Waals surface area contributed by atoms with Gasteiger partial charge >= 0.3 is 6.09 Å². The molecule has 0 saturated heterocycles. The van der Waals surface area contributed by atoms with Crippen molar-refractivity contribution in [3.05, 3.63) is 47.0 Å². The van der Waals surface area contributed by atoms with Crippen LogP contribution in [0.5, 0.6) is 0 Å². The van der Waals surface area contributed by atoms with Gasteiger partial charge in [-0.15, -0.1) is 0 Å². The number of hydrogen-bond acceptors (Lipinski definition) is 6. The fourth-order valence-corrected chi connectivity index (χ4v) is 2.89. The van der Waals surface area contributed by atoms with Gasteiger partial charge in [0.25, 0.3) is 5.91 Å². The molecule has 0 spiro atoms. The van der Waals surface area contributed by atoms with Gasteiger partial charge in [0.15, 0.2) is 0 Å².